The van der Waals surface area contributed by atoms with Gasteiger partial charge in [-0.2, -0.15) is 4.98 Å². The van der Waals surface area contributed by atoms with Crippen molar-refractivity contribution < 1.29 is 4.74 Å². The number of unbranched alkanes of at least 4 members (excludes halogenated alkanes) is 3. The minimum Gasteiger partial charge on any atom is -0.477 e. The van der Waals surface area contributed by atoms with Gasteiger partial charge in [-0.15, -0.1) is 0 Å². The van der Waals surface area contributed by atoms with Gasteiger partial charge in [-0.3, -0.25) is 5.43 Å². The first-order valence-electron chi connectivity index (χ1n) is 5.40. The molecule has 0 saturated heterocycles. The van der Waals surface area contributed by atoms with Crippen molar-refractivity contribution in [2.75, 3.05) is 12.0 Å². The Bertz CT molecular complexity index is 322. The van der Waals surface area contributed by atoms with Crippen LogP contribution in [-0.4, -0.2) is 16.6 Å². The van der Waals surface area contributed by atoms with E-state index in [0.29, 0.717) is 18.4 Å². The Morgan fingerprint density at radius 2 is 2.25 bits per heavy atom. The van der Waals surface area contributed by atoms with Gasteiger partial charge in [0.1, 0.15) is 0 Å². The van der Waals surface area contributed by atoms with Crippen LogP contribution in [0.15, 0.2) is 10.7 Å². The van der Waals surface area contributed by atoms with Crippen molar-refractivity contribution in [2.24, 2.45) is 5.84 Å². The van der Waals surface area contributed by atoms with Gasteiger partial charge in [0, 0.05) is 0 Å². The molecule has 16 heavy (non-hydrogen) atoms. The van der Waals surface area contributed by atoms with Crippen LogP contribution in [0.1, 0.15) is 32.6 Å². The Hall–Kier alpha value is -0.880. The van der Waals surface area contributed by atoms with Crippen LogP contribution < -0.4 is 16.0 Å². The van der Waals surface area contributed by atoms with Crippen molar-refractivity contribution >= 4 is 21.9 Å². The predicted octanol–water partition coefficient (Wildman–Crippen LogP) is 2.48. The van der Waals surface area contributed by atoms with Crippen LogP contribution in [0.25, 0.3) is 0 Å². The van der Waals surface area contributed by atoms with Crippen molar-refractivity contribution in [3.05, 3.63) is 10.7 Å². The number of rotatable bonds is 7. The van der Waals surface area contributed by atoms with E-state index >= 15 is 0 Å². The third kappa shape index (κ3) is 4.32. The molecular weight excluding hydrogens is 272 g/mol. The molecule has 0 unspecified atom stereocenters. The van der Waals surface area contributed by atoms with E-state index in [-0.39, 0.29) is 0 Å². The topological polar surface area (TPSA) is 73.1 Å². The van der Waals surface area contributed by atoms with Crippen LogP contribution in [-0.2, 0) is 0 Å². The van der Waals surface area contributed by atoms with E-state index in [1.807, 2.05) is 0 Å². The molecule has 0 atom stereocenters. The van der Waals surface area contributed by atoms with Gasteiger partial charge in [-0.25, -0.2) is 10.8 Å². The minimum absolute atomic E-state index is 0.353. The molecule has 0 amide bonds. The lowest BCUT2D eigenvalue weighted by atomic mass is 10.2. The van der Waals surface area contributed by atoms with Crippen LogP contribution in [0.5, 0.6) is 5.88 Å². The maximum absolute atomic E-state index is 5.53. The van der Waals surface area contributed by atoms with E-state index in [4.69, 9.17) is 10.6 Å². The smallest absolute Gasteiger partial charge is 0.240 e. The third-order valence-corrected chi connectivity index (χ3v) is 2.62. The monoisotopic (exact) mass is 288 g/mol. The lowest BCUT2D eigenvalue weighted by Crippen LogP contribution is -2.11. The van der Waals surface area contributed by atoms with Crippen LogP contribution in [0, 0.1) is 0 Å². The molecule has 0 aliphatic carbocycles. The van der Waals surface area contributed by atoms with Gasteiger partial charge in [0.05, 0.1) is 17.3 Å². The summed E-state index contributed by atoms with van der Waals surface area (Å²) >= 11 is 3.32. The van der Waals surface area contributed by atoms with Gasteiger partial charge in [-0.1, -0.05) is 26.2 Å². The number of anilines is 1. The average molecular weight is 289 g/mol. The van der Waals surface area contributed by atoms with E-state index in [1.54, 1.807) is 6.20 Å². The number of nitrogen functional groups attached to an aromatic ring is 1. The first-order chi connectivity index (χ1) is 7.77. The quantitative estimate of drug-likeness (QED) is 0.458. The molecule has 1 aromatic heterocycles. The summed E-state index contributed by atoms with van der Waals surface area (Å²) in [6.07, 6.45) is 6.29. The molecule has 0 saturated carbocycles. The molecular formula is C10H17BrN4O. The Morgan fingerprint density at radius 1 is 1.44 bits per heavy atom. The number of aromatic nitrogens is 2. The number of nitrogens with one attached hydrogen (secondary N) is 1. The number of halogens is 1. The van der Waals surface area contributed by atoms with Gasteiger partial charge in [0.25, 0.3) is 0 Å². The summed E-state index contributed by atoms with van der Waals surface area (Å²) in [5.74, 6) is 6.10. The van der Waals surface area contributed by atoms with Crippen molar-refractivity contribution in [3.8, 4) is 5.88 Å². The fourth-order valence-electron chi connectivity index (χ4n) is 1.22. The third-order valence-electron chi connectivity index (χ3n) is 2.08. The van der Waals surface area contributed by atoms with Crippen LogP contribution in [0.4, 0.5) is 5.95 Å². The SMILES string of the molecule is CCCCCCOc1nc(NN)ncc1Br. The fourth-order valence-corrected chi connectivity index (χ4v) is 1.53. The maximum atomic E-state index is 5.53. The number of hydrogen-bond acceptors (Lipinski definition) is 5. The van der Waals surface area contributed by atoms with E-state index in [1.165, 1.54) is 19.3 Å². The zero-order valence-electron chi connectivity index (χ0n) is 9.37. The number of hydrogen-bond donors (Lipinski definition) is 2. The van der Waals surface area contributed by atoms with Gasteiger partial charge in [-0.05, 0) is 22.4 Å². The summed E-state index contributed by atoms with van der Waals surface area (Å²) in [4.78, 5) is 8.03. The molecule has 1 aromatic rings. The molecule has 0 fully saturated rings. The molecule has 0 bridgehead atoms. The second-order valence-corrected chi connectivity index (χ2v) is 4.25. The lowest BCUT2D eigenvalue weighted by Gasteiger charge is -2.07. The van der Waals surface area contributed by atoms with Crippen LogP contribution in [0.3, 0.4) is 0 Å². The molecule has 5 nitrogen and oxygen atoms in total. The highest BCUT2D eigenvalue weighted by Crippen LogP contribution is 2.22. The highest BCUT2D eigenvalue weighted by atomic mass is 79.9. The van der Waals surface area contributed by atoms with Crippen LogP contribution in [0.2, 0.25) is 0 Å². The summed E-state index contributed by atoms with van der Waals surface area (Å²) in [6, 6.07) is 0. The van der Waals surface area contributed by atoms with Crippen molar-refractivity contribution in [1.82, 2.24) is 9.97 Å². The Kier molecular flexibility index (Phi) is 6.10. The molecule has 90 valence electrons. The van der Waals surface area contributed by atoms with Crippen LogP contribution >= 0.6 is 15.9 Å². The Balaban J connectivity index is 2.40. The van der Waals surface area contributed by atoms with E-state index in [0.717, 1.165) is 10.9 Å². The summed E-state index contributed by atoms with van der Waals surface area (Å²) in [5, 5.41) is 0. The molecule has 1 heterocycles. The maximum Gasteiger partial charge on any atom is 0.240 e. The largest absolute Gasteiger partial charge is 0.477 e. The highest BCUT2D eigenvalue weighted by Gasteiger charge is 2.05. The normalized spacial score (nSPS) is 10.2. The zero-order chi connectivity index (χ0) is 11.8. The molecule has 0 spiro atoms. The second kappa shape index (κ2) is 7.40. The van der Waals surface area contributed by atoms with Gasteiger partial charge in [0.15, 0.2) is 0 Å². The minimum atomic E-state index is 0.353. The fraction of sp³-hybridized carbons (Fsp3) is 0.600. The molecule has 0 aromatic carbocycles. The summed E-state index contributed by atoms with van der Waals surface area (Å²) in [7, 11) is 0. The predicted molar refractivity (Wildman–Crippen MR) is 67.2 cm³/mol. The molecule has 3 N–H and O–H groups in total. The number of ether oxygens (including phenoxy) is 1. The molecule has 0 aliphatic heterocycles. The Labute approximate surface area is 104 Å². The average Bonchev–Trinajstić information content (AvgIpc) is 2.31. The highest BCUT2D eigenvalue weighted by molar-refractivity contribution is 9.10. The summed E-state index contributed by atoms with van der Waals surface area (Å²) in [6.45, 7) is 2.85. The van der Waals surface area contributed by atoms with Gasteiger partial charge < -0.3 is 4.74 Å². The first-order valence-corrected chi connectivity index (χ1v) is 6.19. The van der Waals surface area contributed by atoms with Crippen molar-refractivity contribution in [2.45, 2.75) is 32.6 Å². The molecule has 1 rings (SSSR count). The van der Waals surface area contributed by atoms with Gasteiger partial charge in [0.2, 0.25) is 11.8 Å². The van der Waals surface area contributed by atoms with E-state index < -0.39 is 0 Å². The molecule has 0 radical (unpaired) electrons. The summed E-state index contributed by atoms with van der Waals surface area (Å²) < 4.78 is 6.27. The summed E-state index contributed by atoms with van der Waals surface area (Å²) in [5.41, 5.74) is 2.38. The molecule has 0 aliphatic rings. The van der Waals surface area contributed by atoms with E-state index in [9.17, 15) is 0 Å². The number of nitrogens with two attached hydrogens (primary N) is 1. The second-order valence-electron chi connectivity index (χ2n) is 3.40. The zero-order valence-corrected chi connectivity index (χ0v) is 11.0. The lowest BCUT2D eigenvalue weighted by molar-refractivity contribution is 0.292. The van der Waals surface area contributed by atoms with Crippen molar-refractivity contribution in [1.29, 1.82) is 0 Å². The van der Waals surface area contributed by atoms with Gasteiger partial charge >= 0.3 is 0 Å². The Morgan fingerprint density at radius 3 is 2.94 bits per heavy atom. The standard InChI is InChI=1S/C10H17BrN4O/c1-2-3-4-5-6-16-9-8(11)7-13-10(14-9)15-12/h7H,2-6,12H2,1H3,(H,13,14,15). The van der Waals surface area contributed by atoms with E-state index in [2.05, 4.69) is 38.2 Å². The number of hydrazine groups is 1. The number of nitrogens with zero attached hydrogens (tertiary/aromatic N) is 2. The first kappa shape index (κ1) is 13.2. The van der Waals surface area contributed by atoms with Crippen molar-refractivity contribution in [3.63, 3.8) is 0 Å². The molecule has 6 heteroatoms.